The largest absolute Gasteiger partial charge is 0.344 e. The van der Waals surface area contributed by atoms with Crippen molar-refractivity contribution in [2.75, 3.05) is 0 Å². The van der Waals surface area contributed by atoms with E-state index >= 15 is 0 Å². The first-order valence-corrected chi connectivity index (χ1v) is 8.17. The van der Waals surface area contributed by atoms with E-state index in [9.17, 15) is 4.79 Å². The average molecular weight is 344 g/mol. The maximum absolute atomic E-state index is 12.8. The lowest BCUT2D eigenvalue weighted by atomic mass is 10.1. The number of carbonyl (C=O) groups is 1. The summed E-state index contributed by atoms with van der Waals surface area (Å²) in [6.45, 7) is 1.93. The first kappa shape index (κ1) is 15.9. The van der Waals surface area contributed by atoms with E-state index in [0.717, 1.165) is 22.0 Å². The van der Waals surface area contributed by atoms with Crippen LogP contribution in [0.5, 0.6) is 0 Å². The molecule has 1 atom stereocenters. The molecular formula is C19H16N6O. The molecule has 0 aliphatic heterocycles. The molecule has 0 spiro atoms. The Balaban J connectivity index is 1.60. The van der Waals surface area contributed by atoms with Gasteiger partial charge in [-0.3, -0.25) is 19.9 Å². The van der Waals surface area contributed by atoms with E-state index < -0.39 is 0 Å². The molecular weight excluding hydrogens is 328 g/mol. The number of H-pyrrole nitrogens is 1. The Kier molecular flexibility index (Phi) is 4.10. The molecule has 3 aromatic heterocycles. The summed E-state index contributed by atoms with van der Waals surface area (Å²) in [7, 11) is 0. The topological polar surface area (TPSA) is 96.5 Å². The first-order valence-electron chi connectivity index (χ1n) is 8.17. The van der Waals surface area contributed by atoms with Crippen LogP contribution in [-0.2, 0) is 0 Å². The number of carbonyl (C=O) groups excluding carboxylic acids is 1. The van der Waals surface area contributed by atoms with Crippen molar-refractivity contribution in [3.8, 4) is 11.3 Å². The highest BCUT2D eigenvalue weighted by molar-refractivity contribution is 5.98. The predicted octanol–water partition coefficient (Wildman–Crippen LogP) is 2.91. The minimum Gasteiger partial charge on any atom is -0.344 e. The predicted molar refractivity (Wildman–Crippen MR) is 97.2 cm³/mol. The van der Waals surface area contributed by atoms with Gasteiger partial charge < -0.3 is 5.32 Å². The van der Waals surface area contributed by atoms with Crippen molar-refractivity contribution in [3.05, 3.63) is 72.6 Å². The Morgan fingerprint density at radius 1 is 1.08 bits per heavy atom. The maximum atomic E-state index is 12.8. The number of nitrogens with zero attached hydrogens (tertiary/aromatic N) is 4. The summed E-state index contributed by atoms with van der Waals surface area (Å²) in [6, 6.07) is 9.34. The van der Waals surface area contributed by atoms with Gasteiger partial charge in [0.1, 0.15) is 5.69 Å². The summed E-state index contributed by atoms with van der Waals surface area (Å²) in [6.07, 6.45) is 8.17. The number of nitrogens with one attached hydrogen (secondary N) is 2. The third kappa shape index (κ3) is 3.02. The summed E-state index contributed by atoms with van der Waals surface area (Å²) < 4.78 is 0. The highest BCUT2D eigenvalue weighted by Gasteiger charge is 2.18. The van der Waals surface area contributed by atoms with Gasteiger partial charge in [0.25, 0.3) is 5.91 Å². The molecule has 0 bridgehead atoms. The summed E-state index contributed by atoms with van der Waals surface area (Å²) in [4.78, 5) is 25.3. The highest BCUT2D eigenvalue weighted by atomic mass is 16.1. The molecule has 0 radical (unpaired) electrons. The SMILES string of the molecule is CC(NC(=O)c1nccnc1-c1ccncc1)c1ccc2[nH]ncc2c1. The van der Waals surface area contributed by atoms with E-state index in [0.29, 0.717) is 5.69 Å². The lowest BCUT2D eigenvalue weighted by Crippen LogP contribution is -2.28. The molecule has 0 aliphatic rings. The van der Waals surface area contributed by atoms with Crippen LogP contribution < -0.4 is 5.32 Å². The van der Waals surface area contributed by atoms with E-state index in [1.165, 1.54) is 6.20 Å². The first-order chi connectivity index (χ1) is 12.7. The summed E-state index contributed by atoms with van der Waals surface area (Å²) in [5, 5.41) is 10.9. The van der Waals surface area contributed by atoms with Gasteiger partial charge >= 0.3 is 0 Å². The lowest BCUT2D eigenvalue weighted by Gasteiger charge is -2.15. The van der Waals surface area contributed by atoms with Gasteiger partial charge in [0, 0.05) is 35.7 Å². The number of amides is 1. The normalized spacial score (nSPS) is 12.0. The van der Waals surface area contributed by atoms with Crippen molar-refractivity contribution in [1.82, 2.24) is 30.5 Å². The Hall–Kier alpha value is -3.61. The number of rotatable bonds is 4. The van der Waals surface area contributed by atoms with Crippen molar-refractivity contribution in [3.63, 3.8) is 0 Å². The second kappa shape index (κ2) is 6.72. The van der Waals surface area contributed by atoms with Crippen LogP contribution in [0.3, 0.4) is 0 Å². The minimum absolute atomic E-state index is 0.186. The Labute approximate surface area is 149 Å². The van der Waals surface area contributed by atoms with Gasteiger partial charge in [0.2, 0.25) is 0 Å². The summed E-state index contributed by atoms with van der Waals surface area (Å²) in [5.41, 5.74) is 3.56. The van der Waals surface area contributed by atoms with Crippen molar-refractivity contribution >= 4 is 16.8 Å². The van der Waals surface area contributed by atoms with Crippen LogP contribution in [0.25, 0.3) is 22.2 Å². The van der Waals surface area contributed by atoms with Crippen LogP contribution in [0.15, 0.2) is 61.3 Å². The van der Waals surface area contributed by atoms with Gasteiger partial charge in [-0.15, -0.1) is 0 Å². The molecule has 7 heteroatoms. The van der Waals surface area contributed by atoms with Crippen molar-refractivity contribution < 1.29 is 4.79 Å². The van der Waals surface area contributed by atoms with Gasteiger partial charge in [-0.05, 0) is 36.8 Å². The fourth-order valence-corrected chi connectivity index (χ4v) is 2.80. The molecule has 0 fully saturated rings. The van der Waals surface area contributed by atoms with Gasteiger partial charge in [-0.1, -0.05) is 6.07 Å². The van der Waals surface area contributed by atoms with E-state index in [2.05, 4.69) is 30.5 Å². The zero-order valence-corrected chi connectivity index (χ0v) is 14.0. The van der Waals surface area contributed by atoms with Crippen molar-refractivity contribution in [1.29, 1.82) is 0 Å². The quantitative estimate of drug-likeness (QED) is 0.593. The second-order valence-corrected chi connectivity index (χ2v) is 5.90. The molecule has 0 saturated carbocycles. The number of hydrogen-bond acceptors (Lipinski definition) is 5. The fraction of sp³-hybridized carbons (Fsp3) is 0.105. The van der Waals surface area contributed by atoms with Crippen LogP contribution in [0.1, 0.15) is 29.0 Å². The van der Waals surface area contributed by atoms with E-state index in [1.807, 2.05) is 25.1 Å². The van der Waals surface area contributed by atoms with Gasteiger partial charge in [0.15, 0.2) is 5.69 Å². The van der Waals surface area contributed by atoms with Crippen LogP contribution in [0, 0.1) is 0 Å². The van der Waals surface area contributed by atoms with E-state index in [-0.39, 0.29) is 17.6 Å². The molecule has 1 amide bonds. The summed E-state index contributed by atoms with van der Waals surface area (Å²) in [5.74, 6) is -0.273. The van der Waals surface area contributed by atoms with Crippen LogP contribution >= 0.6 is 0 Å². The molecule has 4 rings (SSSR count). The highest BCUT2D eigenvalue weighted by Crippen LogP contribution is 2.21. The molecule has 128 valence electrons. The molecule has 26 heavy (non-hydrogen) atoms. The van der Waals surface area contributed by atoms with Crippen LogP contribution in [-0.4, -0.2) is 31.1 Å². The zero-order valence-electron chi connectivity index (χ0n) is 14.0. The minimum atomic E-state index is -0.273. The molecule has 3 heterocycles. The van der Waals surface area contributed by atoms with Crippen molar-refractivity contribution in [2.45, 2.75) is 13.0 Å². The number of aromatic amines is 1. The number of pyridine rings is 1. The van der Waals surface area contributed by atoms with Crippen molar-refractivity contribution in [2.24, 2.45) is 0 Å². The van der Waals surface area contributed by atoms with Gasteiger partial charge in [0.05, 0.1) is 17.8 Å². The van der Waals surface area contributed by atoms with E-state index in [1.54, 1.807) is 36.9 Å². The molecule has 0 saturated heterocycles. The molecule has 2 N–H and O–H groups in total. The number of hydrogen-bond donors (Lipinski definition) is 2. The standard InChI is InChI=1S/C19H16N6O/c1-12(14-2-3-16-15(10-14)11-23-25-16)24-19(26)18-17(21-8-9-22-18)13-4-6-20-7-5-13/h2-12H,1H3,(H,23,25)(H,24,26). The molecule has 4 aromatic rings. The third-order valence-electron chi connectivity index (χ3n) is 4.18. The Bertz CT molecular complexity index is 1060. The number of fused-ring (bicyclic) bond motifs is 1. The third-order valence-corrected chi connectivity index (χ3v) is 4.18. The Morgan fingerprint density at radius 2 is 1.88 bits per heavy atom. The molecule has 0 aliphatic carbocycles. The lowest BCUT2D eigenvalue weighted by molar-refractivity contribution is 0.0935. The second-order valence-electron chi connectivity index (χ2n) is 5.90. The number of benzene rings is 1. The number of aromatic nitrogens is 5. The smallest absolute Gasteiger partial charge is 0.272 e. The average Bonchev–Trinajstić information content (AvgIpc) is 3.16. The molecule has 1 unspecified atom stereocenters. The maximum Gasteiger partial charge on any atom is 0.272 e. The van der Waals surface area contributed by atoms with Crippen LogP contribution in [0.4, 0.5) is 0 Å². The van der Waals surface area contributed by atoms with Gasteiger partial charge in [-0.2, -0.15) is 5.10 Å². The zero-order chi connectivity index (χ0) is 17.9. The van der Waals surface area contributed by atoms with Crippen LogP contribution in [0.2, 0.25) is 0 Å². The van der Waals surface area contributed by atoms with E-state index in [4.69, 9.17) is 0 Å². The molecule has 1 aromatic carbocycles. The fourth-order valence-electron chi connectivity index (χ4n) is 2.80. The summed E-state index contributed by atoms with van der Waals surface area (Å²) >= 11 is 0. The molecule has 7 nitrogen and oxygen atoms in total. The van der Waals surface area contributed by atoms with Gasteiger partial charge in [-0.25, -0.2) is 4.98 Å². The monoisotopic (exact) mass is 344 g/mol. The Morgan fingerprint density at radius 3 is 2.73 bits per heavy atom.